The van der Waals surface area contributed by atoms with Crippen molar-refractivity contribution in [3.05, 3.63) is 14.7 Å². The molecule has 0 aliphatic rings. The quantitative estimate of drug-likeness (QED) is 0.665. The Labute approximate surface area is 140 Å². The molecule has 0 bridgehead atoms. The second kappa shape index (κ2) is 8.06. The van der Waals surface area contributed by atoms with Crippen LogP contribution in [-0.2, 0) is 16.6 Å². The summed E-state index contributed by atoms with van der Waals surface area (Å²) in [6.07, 6.45) is 2.35. The van der Waals surface area contributed by atoms with E-state index >= 15 is 0 Å². The molecular formula is C14H25BrN2O2S2. The van der Waals surface area contributed by atoms with Crippen LogP contribution in [0.25, 0.3) is 0 Å². The number of hydrogen-bond acceptors (Lipinski definition) is 4. The number of hydrogen-bond donors (Lipinski definition) is 2. The Balaban J connectivity index is 3.05. The third kappa shape index (κ3) is 4.76. The second-order valence-electron chi connectivity index (χ2n) is 5.08. The zero-order valence-corrected chi connectivity index (χ0v) is 16.3. The first-order valence-corrected chi connectivity index (χ1v) is 10.5. The van der Waals surface area contributed by atoms with Gasteiger partial charge in [0.05, 0.1) is 3.79 Å². The third-order valence-corrected chi connectivity index (χ3v) is 7.76. The molecule has 0 saturated heterocycles. The van der Waals surface area contributed by atoms with Crippen LogP contribution in [0.5, 0.6) is 0 Å². The standard InChI is InChI=1S/C14H25BrN2O2S2/c1-5-14(6-2,7-3)17-21(18,19)12-9-11(10-16-8-4)20-13(12)15/h9,16-17H,5-8,10H2,1-4H3. The number of sulfonamides is 1. The maximum atomic E-state index is 12.7. The monoisotopic (exact) mass is 396 g/mol. The molecule has 21 heavy (non-hydrogen) atoms. The Morgan fingerprint density at radius 2 is 1.76 bits per heavy atom. The number of thiophene rings is 1. The summed E-state index contributed by atoms with van der Waals surface area (Å²) in [5.74, 6) is 0. The molecule has 0 atom stereocenters. The predicted molar refractivity (Wildman–Crippen MR) is 93.3 cm³/mol. The van der Waals surface area contributed by atoms with Crippen molar-refractivity contribution >= 4 is 37.3 Å². The molecule has 2 N–H and O–H groups in total. The summed E-state index contributed by atoms with van der Waals surface area (Å²) >= 11 is 4.85. The Morgan fingerprint density at radius 3 is 2.24 bits per heavy atom. The van der Waals surface area contributed by atoms with Crippen molar-refractivity contribution in [2.45, 2.75) is 63.9 Å². The molecule has 1 aromatic rings. The molecule has 0 aliphatic heterocycles. The van der Waals surface area contributed by atoms with Gasteiger partial charge in [-0.2, -0.15) is 0 Å². The van der Waals surface area contributed by atoms with Crippen molar-refractivity contribution in [1.29, 1.82) is 0 Å². The summed E-state index contributed by atoms with van der Waals surface area (Å²) < 4.78 is 28.9. The van der Waals surface area contributed by atoms with E-state index < -0.39 is 10.0 Å². The van der Waals surface area contributed by atoms with Crippen LogP contribution < -0.4 is 10.0 Å². The Bertz CT molecular complexity index is 543. The molecule has 0 fully saturated rings. The summed E-state index contributed by atoms with van der Waals surface area (Å²) in [6.45, 7) is 9.65. The lowest BCUT2D eigenvalue weighted by atomic mass is 9.91. The average molecular weight is 397 g/mol. The summed E-state index contributed by atoms with van der Waals surface area (Å²) in [5.41, 5.74) is -0.359. The average Bonchev–Trinajstić information content (AvgIpc) is 2.84. The molecule has 1 rings (SSSR count). The van der Waals surface area contributed by atoms with Gasteiger partial charge in [-0.3, -0.25) is 0 Å². The predicted octanol–water partition coefficient (Wildman–Crippen LogP) is 3.87. The largest absolute Gasteiger partial charge is 0.312 e. The molecule has 1 aromatic heterocycles. The lowest BCUT2D eigenvalue weighted by Gasteiger charge is -2.31. The van der Waals surface area contributed by atoms with Crippen LogP contribution in [0.2, 0.25) is 0 Å². The minimum Gasteiger partial charge on any atom is -0.312 e. The van der Waals surface area contributed by atoms with Gasteiger partial charge in [0, 0.05) is 17.0 Å². The van der Waals surface area contributed by atoms with E-state index in [4.69, 9.17) is 0 Å². The van der Waals surface area contributed by atoms with Crippen molar-refractivity contribution in [2.24, 2.45) is 0 Å². The van der Waals surface area contributed by atoms with E-state index in [0.29, 0.717) is 15.2 Å². The van der Waals surface area contributed by atoms with Gasteiger partial charge in [-0.25, -0.2) is 13.1 Å². The normalized spacial score (nSPS) is 12.8. The first kappa shape index (κ1) is 19.1. The molecular weight excluding hydrogens is 372 g/mol. The molecule has 122 valence electrons. The fourth-order valence-electron chi connectivity index (χ4n) is 2.22. The highest BCUT2D eigenvalue weighted by Gasteiger charge is 2.32. The number of halogens is 1. The molecule has 0 amide bonds. The van der Waals surface area contributed by atoms with Crippen LogP contribution >= 0.6 is 27.3 Å². The molecule has 1 heterocycles. The van der Waals surface area contributed by atoms with E-state index in [2.05, 4.69) is 26.0 Å². The fourth-order valence-corrected chi connectivity index (χ4v) is 6.49. The van der Waals surface area contributed by atoms with E-state index in [1.165, 1.54) is 11.3 Å². The summed E-state index contributed by atoms with van der Waals surface area (Å²) in [4.78, 5) is 1.36. The number of rotatable bonds is 9. The Morgan fingerprint density at radius 1 is 1.19 bits per heavy atom. The van der Waals surface area contributed by atoms with Crippen LogP contribution in [0, 0.1) is 0 Å². The van der Waals surface area contributed by atoms with Gasteiger partial charge >= 0.3 is 0 Å². The topological polar surface area (TPSA) is 58.2 Å². The second-order valence-corrected chi connectivity index (χ2v) is 9.18. The minimum absolute atomic E-state index is 0.347. The highest BCUT2D eigenvalue weighted by Crippen LogP contribution is 2.33. The van der Waals surface area contributed by atoms with Gasteiger partial charge in [0.15, 0.2) is 0 Å². The van der Waals surface area contributed by atoms with Crippen LogP contribution in [0.15, 0.2) is 14.7 Å². The van der Waals surface area contributed by atoms with Gasteiger partial charge in [-0.15, -0.1) is 11.3 Å². The molecule has 0 saturated carbocycles. The summed E-state index contributed by atoms with van der Waals surface area (Å²) in [5, 5.41) is 3.21. The van der Waals surface area contributed by atoms with Gasteiger partial charge < -0.3 is 5.32 Å². The van der Waals surface area contributed by atoms with Crippen LogP contribution in [0.3, 0.4) is 0 Å². The fraction of sp³-hybridized carbons (Fsp3) is 0.714. The maximum absolute atomic E-state index is 12.7. The summed E-state index contributed by atoms with van der Waals surface area (Å²) in [7, 11) is -3.50. The Hall–Kier alpha value is 0.0500. The first-order chi connectivity index (χ1) is 9.84. The van der Waals surface area contributed by atoms with Crippen molar-refractivity contribution in [1.82, 2.24) is 10.0 Å². The molecule has 4 nitrogen and oxygen atoms in total. The van der Waals surface area contributed by atoms with Crippen molar-refractivity contribution in [2.75, 3.05) is 6.54 Å². The molecule has 0 aliphatic carbocycles. The lowest BCUT2D eigenvalue weighted by molar-refractivity contribution is 0.341. The van der Waals surface area contributed by atoms with Gasteiger partial charge in [-0.05, 0) is 47.8 Å². The van der Waals surface area contributed by atoms with E-state index in [1.807, 2.05) is 27.7 Å². The SMILES string of the molecule is CCNCc1cc(S(=O)(=O)NC(CC)(CC)CC)c(Br)s1. The van der Waals surface area contributed by atoms with E-state index in [9.17, 15) is 8.42 Å². The van der Waals surface area contributed by atoms with E-state index in [1.54, 1.807) is 6.07 Å². The molecule has 7 heteroatoms. The van der Waals surface area contributed by atoms with E-state index in [0.717, 1.165) is 30.7 Å². The highest BCUT2D eigenvalue weighted by molar-refractivity contribution is 9.11. The molecule has 0 unspecified atom stereocenters. The first-order valence-electron chi connectivity index (χ1n) is 7.37. The smallest absolute Gasteiger partial charge is 0.243 e. The van der Waals surface area contributed by atoms with Gasteiger partial charge in [-0.1, -0.05) is 27.7 Å². The zero-order valence-electron chi connectivity index (χ0n) is 13.1. The zero-order chi connectivity index (χ0) is 16.1. The maximum Gasteiger partial charge on any atom is 0.243 e. The van der Waals surface area contributed by atoms with Gasteiger partial charge in [0.2, 0.25) is 10.0 Å². The van der Waals surface area contributed by atoms with Crippen LogP contribution in [0.1, 0.15) is 51.8 Å². The molecule has 0 aromatic carbocycles. The molecule has 0 spiro atoms. The third-order valence-electron chi connectivity index (χ3n) is 3.93. The summed E-state index contributed by atoms with van der Waals surface area (Å²) in [6, 6.07) is 1.76. The van der Waals surface area contributed by atoms with E-state index in [-0.39, 0.29) is 5.54 Å². The lowest BCUT2D eigenvalue weighted by Crippen LogP contribution is -2.46. The van der Waals surface area contributed by atoms with Gasteiger partial charge in [0.25, 0.3) is 0 Å². The van der Waals surface area contributed by atoms with Crippen molar-refractivity contribution in [3.63, 3.8) is 0 Å². The van der Waals surface area contributed by atoms with Crippen molar-refractivity contribution < 1.29 is 8.42 Å². The van der Waals surface area contributed by atoms with Crippen LogP contribution in [0.4, 0.5) is 0 Å². The highest BCUT2D eigenvalue weighted by atomic mass is 79.9. The van der Waals surface area contributed by atoms with Crippen LogP contribution in [-0.4, -0.2) is 20.5 Å². The van der Waals surface area contributed by atoms with Gasteiger partial charge in [0.1, 0.15) is 4.90 Å². The van der Waals surface area contributed by atoms with Crippen molar-refractivity contribution in [3.8, 4) is 0 Å². The minimum atomic E-state index is -3.50. The number of nitrogens with one attached hydrogen (secondary N) is 2. The Kier molecular flexibility index (Phi) is 7.33. The molecule has 0 radical (unpaired) electrons.